The quantitative estimate of drug-likeness (QED) is 0.194. The summed E-state index contributed by atoms with van der Waals surface area (Å²) in [7, 11) is 0. The Kier molecular flexibility index (Phi) is 7.84. The first kappa shape index (κ1) is 30.5. The van der Waals surface area contributed by atoms with Crippen LogP contribution in [-0.2, 0) is 43.9 Å². The molecule has 7 heterocycles. The zero-order valence-electron chi connectivity index (χ0n) is 21.8. The number of nitrogens with zero attached hydrogens (tertiary/aromatic N) is 8. The fraction of sp³-hybridized carbons (Fsp3) is 0.500. The van der Waals surface area contributed by atoms with Crippen LogP contribution in [0.1, 0.15) is 12.5 Å². The van der Waals surface area contributed by atoms with E-state index in [4.69, 9.17) is 50.8 Å². The van der Waals surface area contributed by atoms with Crippen LogP contribution in [0.5, 0.6) is 0 Å². The van der Waals surface area contributed by atoms with Gasteiger partial charge in [0.05, 0.1) is 47.9 Å². The lowest BCUT2D eigenvalue weighted by Gasteiger charge is -2.26. The van der Waals surface area contributed by atoms with Crippen LogP contribution in [0.15, 0.2) is 25.3 Å². The third-order valence-electron chi connectivity index (χ3n) is 7.15. The lowest BCUT2D eigenvalue weighted by molar-refractivity contribution is -0.0576. The van der Waals surface area contributed by atoms with Gasteiger partial charge in [-0.1, -0.05) is 0 Å². The number of anilines is 2. The first-order valence-corrected chi connectivity index (χ1v) is 19.6. The van der Waals surface area contributed by atoms with Crippen LogP contribution < -0.4 is 11.5 Å². The van der Waals surface area contributed by atoms with Crippen molar-refractivity contribution < 1.29 is 45.8 Å². The SMILES string of the molecule is Nc1ncnc2c1ncn2[C@@H]1OC2CO[P@](=O)(I)O[C@@H]3[C@H](F)C(COP(O)(=S)O[C@H]2[C@H]1F)O[C@H]3n1cnc2c(N)ncnc21. The van der Waals surface area contributed by atoms with E-state index in [-0.39, 0.29) is 34.0 Å². The van der Waals surface area contributed by atoms with Gasteiger partial charge >= 0.3 is 12.0 Å². The van der Waals surface area contributed by atoms with Crippen molar-refractivity contribution in [2.45, 2.75) is 49.2 Å². The standard InChI is InChI=1S/C20H21F2IN10O8P2S/c21-9-7-1-37-43(35,44)41-13-8(39-19(10(13)22)32-5-30-11-15(24)26-3-28-17(11)32)2-36-42(23,34)40-14(9)20(38-7)33-6-31-12-16(25)27-4-29-18(12)33/h3-10,13-14,19-20H,1-2H2,(H,35,44)(H2,24,26,28)(H2,25,27,29)/t7?,8?,9-,10-,13-,14-,19-,20-,42-,43?/m1/s1. The number of hydrogen-bond acceptors (Lipinski definition) is 16. The number of rotatable bonds is 2. The second kappa shape index (κ2) is 11.3. The Bertz CT molecular complexity index is 1840. The minimum atomic E-state index is -4.26. The van der Waals surface area contributed by atoms with Gasteiger partial charge in [-0.25, -0.2) is 43.2 Å². The summed E-state index contributed by atoms with van der Waals surface area (Å²) < 4.78 is 82.0. The van der Waals surface area contributed by atoms with Crippen molar-refractivity contribution in [3.8, 4) is 0 Å². The summed E-state index contributed by atoms with van der Waals surface area (Å²) in [5, 5.41) is -4.15. The van der Waals surface area contributed by atoms with Crippen LogP contribution in [0.25, 0.3) is 22.3 Å². The highest BCUT2D eigenvalue weighted by Crippen LogP contribution is 2.61. The largest absolute Gasteiger partial charge is 0.389 e. The van der Waals surface area contributed by atoms with Gasteiger partial charge in [-0.15, -0.1) is 0 Å². The molecule has 2 bridgehead atoms. The molecule has 24 heteroatoms. The number of ether oxygens (including phenoxy) is 2. The minimum absolute atomic E-state index is 0.0625. The predicted octanol–water partition coefficient (Wildman–Crippen LogP) is 1.88. The van der Waals surface area contributed by atoms with Gasteiger partial charge in [0.15, 0.2) is 47.7 Å². The Hall–Kier alpha value is -2.11. The van der Waals surface area contributed by atoms with Crippen molar-refractivity contribution in [1.29, 1.82) is 0 Å². The van der Waals surface area contributed by atoms with E-state index in [2.05, 4.69) is 29.9 Å². The first-order valence-electron chi connectivity index (χ1n) is 12.7. The number of aromatic nitrogens is 8. The van der Waals surface area contributed by atoms with E-state index in [0.717, 1.165) is 0 Å². The molecule has 3 fully saturated rings. The number of halogens is 3. The van der Waals surface area contributed by atoms with Gasteiger partial charge in [-0.2, -0.15) is 0 Å². The second-order valence-corrected chi connectivity index (χ2v) is 17.5. The van der Waals surface area contributed by atoms with Gasteiger partial charge in [0.25, 0.3) is 0 Å². The van der Waals surface area contributed by atoms with E-state index in [1.54, 1.807) is 0 Å². The van der Waals surface area contributed by atoms with E-state index >= 15 is 8.78 Å². The average Bonchev–Trinajstić information content (AvgIpc) is 3.73. The maximum atomic E-state index is 16.0. The van der Waals surface area contributed by atoms with Crippen LogP contribution in [-0.4, -0.2) is 93.9 Å². The Morgan fingerprint density at radius 3 is 2.05 bits per heavy atom. The molecule has 0 spiro atoms. The van der Waals surface area contributed by atoms with E-state index in [0.29, 0.717) is 0 Å². The number of imidazole rings is 2. The van der Waals surface area contributed by atoms with Crippen LogP contribution in [0, 0.1) is 0 Å². The average molecular weight is 788 g/mol. The third-order valence-corrected chi connectivity index (χ3v) is 11.2. The zero-order valence-corrected chi connectivity index (χ0v) is 26.6. The minimum Gasteiger partial charge on any atom is -0.382 e. The van der Waals surface area contributed by atoms with Crippen molar-refractivity contribution >= 4 is 79.8 Å². The van der Waals surface area contributed by atoms with Gasteiger partial charge in [0, 0.05) is 0 Å². The molecule has 18 nitrogen and oxygen atoms in total. The Balaban J connectivity index is 1.20. The fourth-order valence-electron chi connectivity index (χ4n) is 5.15. The maximum absolute atomic E-state index is 16.0. The number of fused-ring (bicyclic) bond motifs is 5. The van der Waals surface area contributed by atoms with Gasteiger partial charge < -0.3 is 30.4 Å². The van der Waals surface area contributed by atoms with Gasteiger partial charge in [0.1, 0.15) is 48.1 Å². The molecule has 0 aromatic carbocycles. The summed E-state index contributed by atoms with van der Waals surface area (Å²) in [4.78, 5) is 35.2. The molecule has 0 amide bonds. The van der Waals surface area contributed by atoms with Crippen LogP contribution >= 0.6 is 34.0 Å². The van der Waals surface area contributed by atoms with Crippen molar-refractivity contribution in [2.24, 2.45) is 0 Å². The van der Waals surface area contributed by atoms with Crippen molar-refractivity contribution in [1.82, 2.24) is 39.0 Å². The van der Waals surface area contributed by atoms with Crippen LogP contribution in [0.3, 0.4) is 0 Å². The molecule has 5 N–H and O–H groups in total. The first-order chi connectivity index (χ1) is 20.9. The summed E-state index contributed by atoms with van der Waals surface area (Å²) in [5.74, 6) is 0.131. The highest BCUT2D eigenvalue weighted by Gasteiger charge is 2.54. The number of nitrogen functional groups attached to an aromatic ring is 2. The molecule has 4 aromatic heterocycles. The third kappa shape index (κ3) is 5.38. The molecular formula is C20H21F2IN10O8P2S. The van der Waals surface area contributed by atoms with Gasteiger partial charge in [-0.3, -0.25) is 22.7 Å². The number of hydrogen-bond donors (Lipinski definition) is 3. The summed E-state index contributed by atoms with van der Waals surface area (Å²) >= 11 is 6.54. The summed E-state index contributed by atoms with van der Waals surface area (Å²) in [5.41, 5.74) is 12.5. The Morgan fingerprint density at radius 2 is 1.41 bits per heavy atom. The molecule has 44 heavy (non-hydrogen) atoms. The van der Waals surface area contributed by atoms with E-state index in [1.165, 1.54) is 56.5 Å². The van der Waals surface area contributed by atoms with Crippen LogP contribution in [0.4, 0.5) is 20.4 Å². The topological polar surface area (TPSA) is 232 Å². The molecule has 4 aromatic rings. The molecule has 3 unspecified atom stereocenters. The molecule has 3 saturated heterocycles. The molecular weight excluding hydrogens is 767 g/mol. The van der Waals surface area contributed by atoms with E-state index < -0.39 is 74.4 Å². The van der Waals surface area contributed by atoms with E-state index in [9.17, 15) is 9.46 Å². The number of nitrogens with two attached hydrogens (primary N) is 2. The lowest BCUT2D eigenvalue weighted by atomic mass is 10.1. The zero-order chi connectivity index (χ0) is 31.0. The lowest BCUT2D eigenvalue weighted by Crippen LogP contribution is -2.34. The highest BCUT2D eigenvalue weighted by molar-refractivity contribution is 14.2. The van der Waals surface area contributed by atoms with Crippen molar-refractivity contribution in [2.75, 3.05) is 24.7 Å². The smallest absolute Gasteiger partial charge is 0.382 e. The molecule has 0 saturated carbocycles. The molecule has 3 aliphatic rings. The normalized spacial score (nSPS) is 38.3. The molecule has 10 atom stereocenters. The van der Waals surface area contributed by atoms with Crippen molar-refractivity contribution in [3.63, 3.8) is 0 Å². The van der Waals surface area contributed by atoms with Crippen molar-refractivity contribution in [3.05, 3.63) is 25.3 Å². The monoisotopic (exact) mass is 788 g/mol. The summed E-state index contributed by atoms with van der Waals surface area (Å²) in [6, 6.07) is 0. The Labute approximate surface area is 263 Å². The second-order valence-electron chi connectivity index (χ2n) is 9.82. The van der Waals surface area contributed by atoms with Gasteiger partial charge in [0.2, 0.25) is 0 Å². The molecule has 3 aliphatic heterocycles. The maximum Gasteiger partial charge on any atom is 0.389 e. The summed E-state index contributed by atoms with van der Waals surface area (Å²) in [6.07, 6.45) is -7.64. The van der Waals surface area contributed by atoms with Crippen LogP contribution in [0.2, 0.25) is 0 Å². The van der Waals surface area contributed by atoms with E-state index in [1.807, 2.05) is 0 Å². The molecule has 236 valence electrons. The number of alkyl halides is 2. The molecule has 0 aliphatic carbocycles. The Morgan fingerprint density at radius 1 is 0.841 bits per heavy atom. The predicted molar refractivity (Wildman–Crippen MR) is 157 cm³/mol. The summed E-state index contributed by atoms with van der Waals surface area (Å²) in [6.45, 7) is -5.49. The van der Waals surface area contributed by atoms with Gasteiger partial charge in [-0.05, 0) is 11.8 Å². The molecule has 0 radical (unpaired) electrons. The molecule has 7 rings (SSSR count). The highest BCUT2D eigenvalue weighted by atomic mass is 127. The fourth-order valence-corrected chi connectivity index (χ4v) is 8.75.